The van der Waals surface area contributed by atoms with E-state index < -0.39 is 0 Å². The highest BCUT2D eigenvalue weighted by Crippen LogP contribution is 2.30. The highest BCUT2D eigenvalue weighted by atomic mass is 32.2. The number of ether oxygens (including phenoxy) is 2. The molecule has 0 atom stereocenters. The highest BCUT2D eigenvalue weighted by molar-refractivity contribution is 7.98. The van der Waals surface area contributed by atoms with E-state index in [4.69, 9.17) is 14.0 Å². The minimum atomic E-state index is 0.536. The van der Waals surface area contributed by atoms with Gasteiger partial charge in [-0.2, -0.15) is 4.98 Å². The lowest BCUT2D eigenvalue weighted by atomic mass is 10.1. The van der Waals surface area contributed by atoms with Crippen LogP contribution in [0.25, 0.3) is 11.5 Å². The van der Waals surface area contributed by atoms with Crippen LogP contribution in [0.3, 0.4) is 0 Å². The van der Waals surface area contributed by atoms with Gasteiger partial charge in [0.1, 0.15) is 0 Å². The Morgan fingerprint density at radius 2 is 1.88 bits per heavy atom. The molecule has 0 bridgehead atoms. The Labute approximate surface area is 145 Å². The lowest BCUT2D eigenvalue weighted by Gasteiger charge is -2.08. The Kier molecular flexibility index (Phi) is 5.05. The first-order valence-corrected chi connectivity index (χ1v) is 8.42. The maximum absolute atomic E-state index is 5.35. The molecule has 0 saturated carbocycles. The molecule has 3 rings (SSSR count). The summed E-state index contributed by atoms with van der Waals surface area (Å²) in [5, 5.41) is 4.65. The van der Waals surface area contributed by atoms with Crippen molar-refractivity contribution in [3.05, 3.63) is 53.6 Å². The molecular formula is C18H18N2O3S. The third kappa shape index (κ3) is 3.71. The van der Waals surface area contributed by atoms with Gasteiger partial charge in [-0.3, -0.25) is 0 Å². The Bertz CT molecular complexity index is 833. The van der Waals surface area contributed by atoms with Crippen molar-refractivity contribution in [2.45, 2.75) is 17.8 Å². The third-order valence-corrected chi connectivity index (χ3v) is 4.39. The molecule has 3 aromatic rings. The summed E-state index contributed by atoms with van der Waals surface area (Å²) < 4.78 is 15.9. The number of nitrogens with zero attached hydrogens (tertiary/aromatic N) is 2. The number of aryl methyl sites for hydroxylation is 1. The lowest BCUT2D eigenvalue weighted by molar-refractivity contribution is 0.354. The minimum Gasteiger partial charge on any atom is -0.493 e. The fourth-order valence-corrected chi connectivity index (χ4v) is 3.00. The predicted molar refractivity (Wildman–Crippen MR) is 93.6 cm³/mol. The summed E-state index contributed by atoms with van der Waals surface area (Å²) in [4.78, 5) is 4.44. The van der Waals surface area contributed by atoms with Crippen molar-refractivity contribution in [1.29, 1.82) is 0 Å². The van der Waals surface area contributed by atoms with Crippen LogP contribution in [0.5, 0.6) is 11.5 Å². The van der Waals surface area contributed by atoms with Crippen molar-refractivity contribution in [2.24, 2.45) is 0 Å². The molecule has 0 amide bonds. The summed E-state index contributed by atoms with van der Waals surface area (Å²) in [5.74, 6) is 2.68. The van der Waals surface area contributed by atoms with Gasteiger partial charge in [0.05, 0.1) is 14.2 Å². The molecule has 6 heteroatoms. The molecule has 24 heavy (non-hydrogen) atoms. The van der Waals surface area contributed by atoms with Gasteiger partial charge in [0.2, 0.25) is 5.16 Å². The van der Waals surface area contributed by atoms with E-state index in [2.05, 4.69) is 10.1 Å². The van der Waals surface area contributed by atoms with Gasteiger partial charge in [-0.15, -0.1) is 0 Å². The maximum atomic E-state index is 5.35. The topological polar surface area (TPSA) is 57.4 Å². The van der Waals surface area contributed by atoms with Crippen LogP contribution in [-0.4, -0.2) is 24.4 Å². The molecule has 0 N–H and O–H groups in total. The molecule has 0 aliphatic carbocycles. The SMILES string of the molecule is COc1ccc(CSc2noc(-c3cccc(C)c3)n2)cc1OC. The molecule has 0 spiro atoms. The Hall–Kier alpha value is -2.47. The second-order valence-electron chi connectivity index (χ2n) is 5.23. The van der Waals surface area contributed by atoms with Crippen LogP contribution >= 0.6 is 11.8 Å². The summed E-state index contributed by atoms with van der Waals surface area (Å²) in [5.41, 5.74) is 3.19. The summed E-state index contributed by atoms with van der Waals surface area (Å²) in [7, 11) is 3.25. The van der Waals surface area contributed by atoms with E-state index in [1.165, 1.54) is 11.8 Å². The normalized spacial score (nSPS) is 10.6. The molecule has 124 valence electrons. The minimum absolute atomic E-state index is 0.536. The van der Waals surface area contributed by atoms with Crippen molar-refractivity contribution in [1.82, 2.24) is 10.1 Å². The third-order valence-electron chi connectivity index (χ3n) is 3.49. The van der Waals surface area contributed by atoms with Crippen molar-refractivity contribution >= 4 is 11.8 Å². The number of rotatable bonds is 6. The van der Waals surface area contributed by atoms with Crippen LogP contribution in [0, 0.1) is 6.92 Å². The highest BCUT2D eigenvalue weighted by Gasteiger charge is 2.10. The summed E-state index contributed by atoms with van der Waals surface area (Å²) in [6, 6.07) is 13.8. The van der Waals surface area contributed by atoms with Crippen LogP contribution < -0.4 is 9.47 Å². The fourth-order valence-electron chi connectivity index (χ4n) is 2.28. The molecule has 2 aromatic carbocycles. The van der Waals surface area contributed by atoms with E-state index in [1.807, 2.05) is 49.4 Å². The second kappa shape index (κ2) is 7.40. The van der Waals surface area contributed by atoms with Crippen LogP contribution in [0.4, 0.5) is 0 Å². The van der Waals surface area contributed by atoms with Crippen molar-refractivity contribution < 1.29 is 14.0 Å². The Morgan fingerprint density at radius 3 is 2.62 bits per heavy atom. The molecule has 0 aliphatic heterocycles. The average Bonchev–Trinajstić information content (AvgIpc) is 3.08. The predicted octanol–water partition coefficient (Wildman–Crippen LogP) is 4.35. The van der Waals surface area contributed by atoms with Crippen molar-refractivity contribution in [3.63, 3.8) is 0 Å². The Balaban J connectivity index is 1.69. The van der Waals surface area contributed by atoms with E-state index >= 15 is 0 Å². The fraction of sp³-hybridized carbons (Fsp3) is 0.222. The van der Waals surface area contributed by atoms with Crippen LogP contribution in [0.1, 0.15) is 11.1 Å². The van der Waals surface area contributed by atoms with E-state index in [0.717, 1.165) is 16.7 Å². The number of hydrogen-bond acceptors (Lipinski definition) is 6. The van der Waals surface area contributed by atoms with E-state index in [-0.39, 0.29) is 0 Å². The van der Waals surface area contributed by atoms with E-state index in [9.17, 15) is 0 Å². The average molecular weight is 342 g/mol. The van der Waals surface area contributed by atoms with Crippen molar-refractivity contribution in [3.8, 4) is 23.0 Å². The first kappa shape index (κ1) is 16.4. The number of aromatic nitrogens is 2. The molecule has 1 heterocycles. The van der Waals surface area contributed by atoms with Gasteiger partial charge in [-0.25, -0.2) is 0 Å². The van der Waals surface area contributed by atoms with E-state index in [0.29, 0.717) is 28.3 Å². The van der Waals surface area contributed by atoms with Gasteiger partial charge in [0.15, 0.2) is 11.5 Å². The van der Waals surface area contributed by atoms with Gasteiger partial charge in [-0.1, -0.05) is 35.5 Å². The van der Waals surface area contributed by atoms with Gasteiger partial charge < -0.3 is 14.0 Å². The Morgan fingerprint density at radius 1 is 1.04 bits per heavy atom. The zero-order valence-electron chi connectivity index (χ0n) is 13.8. The molecule has 0 radical (unpaired) electrons. The molecular weight excluding hydrogens is 324 g/mol. The van der Waals surface area contributed by atoms with E-state index in [1.54, 1.807) is 14.2 Å². The molecule has 5 nitrogen and oxygen atoms in total. The molecule has 1 aromatic heterocycles. The smallest absolute Gasteiger partial charge is 0.258 e. The maximum Gasteiger partial charge on any atom is 0.258 e. The molecule has 0 unspecified atom stereocenters. The molecule has 0 saturated heterocycles. The number of benzene rings is 2. The largest absolute Gasteiger partial charge is 0.493 e. The number of hydrogen-bond donors (Lipinski definition) is 0. The van der Waals surface area contributed by atoms with Gasteiger partial charge in [0.25, 0.3) is 5.89 Å². The van der Waals surface area contributed by atoms with Gasteiger partial charge >= 0.3 is 0 Å². The number of thioether (sulfide) groups is 1. The quantitative estimate of drug-likeness (QED) is 0.621. The van der Waals surface area contributed by atoms with Crippen LogP contribution in [0.15, 0.2) is 52.1 Å². The molecule has 0 fully saturated rings. The monoisotopic (exact) mass is 342 g/mol. The van der Waals surface area contributed by atoms with Crippen molar-refractivity contribution in [2.75, 3.05) is 14.2 Å². The lowest BCUT2D eigenvalue weighted by Crippen LogP contribution is -1.92. The van der Waals surface area contributed by atoms with Gasteiger partial charge in [0, 0.05) is 11.3 Å². The second-order valence-corrected chi connectivity index (χ2v) is 6.17. The first-order chi connectivity index (χ1) is 11.7. The standard InChI is InChI=1S/C18H18N2O3S/c1-12-5-4-6-14(9-12)17-19-18(20-23-17)24-11-13-7-8-15(21-2)16(10-13)22-3/h4-10H,11H2,1-3H3. The zero-order chi connectivity index (χ0) is 16.9. The molecule has 0 aliphatic rings. The van der Waals surface area contributed by atoms with Crippen LogP contribution in [-0.2, 0) is 5.75 Å². The van der Waals surface area contributed by atoms with Gasteiger partial charge in [-0.05, 0) is 41.9 Å². The summed E-state index contributed by atoms with van der Waals surface area (Å²) in [6.45, 7) is 2.03. The summed E-state index contributed by atoms with van der Waals surface area (Å²) in [6.07, 6.45) is 0. The van der Waals surface area contributed by atoms with Crippen LogP contribution in [0.2, 0.25) is 0 Å². The number of methoxy groups -OCH3 is 2. The first-order valence-electron chi connectivity index (χ1n) is 7.44. The zero-order valence-corrected chi connectivity index (χ0v) is 14.6. The summed E-state index contributed by atoms with van der Waals surface area (Å²) >= 11 is 1.51.